The van der Waals surface area contributed by atoms with Gasteiger partial charge in [-0.2, -0.15) is 0 Å². The third-order valence-electron chi connectivity index (χ3n) is 2.97. The van der Waals surface area contributed by atoms with Crippen molar-refractivity contribution < 1.29 is 9.53 Å². The van der Waals surface area contributed by atoms with Crippen LogP contribution in [0.5, 0.6) is 0 Å². The summed E-state index contributed by atoms with van der Waals surface area (Å²) in [4.78, 5) is 18.3. The lowest BCUT2D eigenvalue weighted by Gasteiger charge is -2.30. The van der Waals surface area contributed by atoms with Crippen LogP contribution in [-0.4, -0.2) is 35.5 Å². The second kappa shape index (κ2) is 6.12. The first kappa shape index (κ1) is 12.5. The molecular weight excluding hydrogens is 236 g/mol. The van der Waals surface area contributed by atoms with Gasteiger partial charge in [-0.05, 0) is 26.3 Å². The molecule has 2 rings (SSSR count). The van der Waals surface area contributed by atoms with E-state index in [9.17, 15) is 4.79 Å². The molecular formula is C12H18N2O2S. The van der Waals surface area contributed by atoms with Crippen LogP contribution in [0.2, 0.25) is 0 Å². The summed E-state index contributed by atoms with van der Waals surface area (Å²) in [6.07, 6.45) is 3.84. The maximum atomic E-state index is 11.7. The van der Waals surface area contributed by atoms with Crippen molar-refractivity contribution in [1.29, 1.82) is 0 Å². The topological polar surface area (TPSA) is 42.4 Å². The van der Waals surface area contributed by atoms with Crippen LogP contribution in [0.4, 0.5) is 0 Å². The molecule has 0 aromatic carbocycles. The summed E-state index contributed by atoms with van der Waals surface area (Å²) < 4.78 is 5.09. The third kappa shape index (κ3) is 3.51. The molecule has 1 aliphatic rings. The third-order valence-corrected chi connectivity index (χ3v) is 3.73. The fourth-order valence-corrected chi connectivity index (χ4v) is 2.83. The molecule has 0 N–H and O–H groups in total. The molecule has 0 radical (unpaired) electrons. The van der Waals surface area contributed by atoms with Crippen LogP contribution in [0, 0.1) is 5.92 Å². The molecule has 0 bridgehead atoms. The molecule has 1 saturated heterocycles. The van der Waals surface area contributed by atoms with Crippen molar-refractivity contribution in [3.05, 3.63) is 16.6 Å². The average Bonchev–Trinajstić information content (AvgIpc) is 2.82. The Balaban J connectivity index is 1.86. The van der Waals surface area contributed by atoms with Crippen molar-refractivity contribution >= 4 is 17.3 Å². The highest BCUT2D eigenvalue weighted by Crippen LogP contribution is 2.20. The maximum Gasteiger partial charge on any atom is 0.310 e. The second-order valence-electron chi connectivity index (χ2n) is 4.25. The monoisotopic (exact) mass is 254 g/mol. The van der Waals surface area contributed by atoms with Gasteiger partial charge in [-0.15, -0.1) is 11.3 Å². The molecule has 94 valence electrons. The predicted molar refractivity (Wildman–Crippen MR) is 66.7 cm³/mol. The van der Waals surface area contributed by atoms with Crippen LogP contribution >= 0.6 is 11.3 Å². The molecule has 1 unspecified atom stereocenters. The summed E-state index contributed by atoms with van der Waals surface area (Å²) in [5.74, 6) is 0.000000945. The number of esters is 1. The van der Waals surface area contributed by atoms with E-state index in [2.05, 4.69) is 9.88 Å². The van der Waals surface area contributed by atoms with Crippen LogP contribution in [0.25, 0.3) is 0 Å². The van der Waals surface area contributed by atoms with Crippen LogP contribution in [0.15, 0.2) is 11.6 Å². The number of aromatic nitrogens is 1. The number of carbonyl (C=O) groups is 1. The Bertz CT molecular complexity index is 353. The smallest absolute Gasteiger partial charge is 0.310 e. The number of hydrogen-bond acceptors (Lipinski definition) is 5. The number of rotatable bonds is 4. The van der Waals surface area contributed by atoms with Gasteiger partial charge < -0.3 is 4.74 Å². The van der Waals surface area contributed by atoms with Gasteiger partial charge in [-0.25, -0.2) is 4.98 Å². The van der Waals surface area contributed by atoms with Gasteiger partial charge in [0.1, 0.15) is 5.01 Å². The van der Waals surface area contributed by atoms with E-state index in [4.69, 9.17) is 4.74 Å². The quantitative estimate of drug-likeness (QED) is 0.770. The number of carbonyl (C=O) groups excluding carboxylic acids is 1. The Morgan fingerprint density at radius 3 is 3.29 bits per heavy atom. The molecule has 0 spiro atoms. The lowest BCUT2D eigenvalue weighted by molar-refractivity contribution is -0.150. The minimum Gasteiger partial charge on any atom is -0.466 e. The molecule has 0 saturated carbocycles. The highest BCUT2D eigenvalue weighted by atomic mass is 32.1. The first-order valence-corrected chi connectivity index (χ1v) is 6.95. The number of nitrogens with zero attached hydrogens (tertiary/aromatic N) is 2. The molecule has 5 heteroatoms. The van der Waals surface area contributed by atoms with Gasteiger partial charge >= 0.3 is 5.97 Å². The molecule has 2 heterocycles. The minimum atomic E-state index is -0.0451. The van der Waals surface area contributed by atoms with E-state index in [-0.39, 0.29) is 11.9 Å². The van der Waals surface area contributed by atoms with E-state index in [0.29, 0.717) is 6.61 Å². The molecule has 1 fully saturated rings. The number of piperidine rings is 1. The lowest BCUT2D eigenvalue weighted by Crippen LogP contribution is -2.38. The van der Waals surface area contributed by atoms with Gasteiger partial charge in [0.15, 0.2) is 0 Å². The van der Waals surface area contributed by atoms with E-state index >= 15 is 0 Å². The van der Waals surface area contributed by atoms with E-state index < -0.39 is 0 Å². The number of hydrogen-bond donors (Lipinski definition) is 0. The lowest BCUT2D eigenvalue weighted by atomic mass is 9.98. The molecule has 1 aromatic heterocycles. The first-order valence-electron chi connectivity index (χ1n) is 6.07. The van der Waals surface area contributed by atoms with Crippen molar-refractivity contribution in [2.75, 3.05) is 19.7 Å². The number of ether oxygens (including phenoxy) is 1. The molecule has 0 aliphatic carbocycles. The first-order chi connectivity index (χ1) is 8.29. The summed E-state index contributed by atoms with van der Waals surface area (Å²) in [5.41, 5.74) is 0. The van der Waals surface area contributed by atoms with Crippen molar-refractivity contribution in [3.8, 4) is 0 Å². The molecule has 1 aliphatic heterocycles. The van der Waals surface area contributed by atoms with E-state index in [1.54, 1.807) is 11.3 Å². The molecule has 4 nitrogen and oxygen atoms in total. The molecule has 17 heavy (non-hydrogen) atoms. The summed E-state index contributed by atoms with van der Waals surface area (Å²) in [5, 5.41) is 3.11. The Morgan fingerprint density at radius 1 is 1.71 bits per heavy atom. The van der Waals surface area contributed by atoms with Gasteiger partial charge in [0.2, 0.25) is 0 Å². The van der Waals surface area contributed by atoms with E-state index in [1.165, 1.54) is 0 Å². The zero-order chi connectivity index (χ0) is 12.1. The van der Waals surface area contributed by atoms with Gasteiger partial charge in [0.05, 0.1) is 19.1 Å². The van der Waals surface area contributed by atoms with E-state index in [0.717, 1.165) is 37.5 Å². The number of likely N-dealkylation sites (tertiary alicyclic amines) is 1. The van der Waals surface area contributed by atoms with Gasteiger partial charge in [-0.3, -0.25) is 9.69 Å². The van der Waals surface area contributed by atoms with Crippen LogP contribution in [-0.2, 0) is 16.1 Å². The van der Waals surface area contributed by atoms with Crippen molar-refractivity contribution in [2.45, 2.75) is 26.3 Å². The Morgan fingerprint density at radius 2 is 2.59 bits per heavy atom. The minimum absolute atomic E-state index is 0.0451. The Labute approximate surface area is 106 Å². The summed E-state index contributed by atoms with van der Waals surface area (Å²) in [6.45, 7) is 5.04. The SMILES string of the molecule is CCOC(=O)C1CCCN(Cc2nccs2)C1. The highest BCUT2D eigenvalue weighted by Gasteiger charge is 2.26. The zero-order valence-corrected chi connectivity index (χ0v) is 10.9. The van der Waals surface area contributed by atoms with Gasteiger partial charge in [0.25, 0.3) is 0 Å². The van der Waals surface area contributed by atoms with Crippen molar-refractivity contribution in [1.82, 2.24) is 9.88 Å². The predicted octanol–water partition coefficient (Wildman–Crippen LogP) is 1.92. The highest BCUT2D eigenvalue weighted by molar-refractivity contribution is 7.09. The summed E-state index contributed by atoms with van der Waals surface area (Å²) >= 11 is 1.67. The van der Waals surface area contributed by atoms with Gasteiger partial charge in [0, 0.05) is 18.1 Å². The Kier molecular flexibility index (Phi) is 4.50. The van der Waals surface area contributed by atoms with Crippen molar-refractivity contribution in [3.63, 3.8) is 0 Å². The fraction of sp³-hybridized carbons (Fsp3) is 0.667. The largest absolute Gasteiger partial charge is 0.466 e. The average molecular weight is 254 g/mol. The molecule has 0 amide bonds. The molecule has 1 aromatic rings. The fourth-order valence-electron chi connectivity index (χ4n) is 2.17. The van der Waals surface area contributed by atoms with Crippen LogP contribution in [0.1, 0.15) is 24.8 Å². The normalized spacial score (nSPS) is 21.4. The van der Waals surface area contributed by atoms with Crippen LogP contribution in [0.3, 0.4) is 0 Å². The number of thiazole rings is 1. The zero-order valence-electron chi connectivity index (χ0n) is 10.1. The summed E-state index contributed by atoms with van der Waals surface area (Å²) in [6, 6.07) is 0. The second-order valence-corrected chi connectivity index (χ2v) is 5.23. The van der Waals surface area contributed by atoms with Crippen molar-refractivity contribution in [2.24, 2.45) is 5.92 Å². The Hall–Kier alpha value is -0.940. The van der Waals surface area contributed by atoms with Crippen LogP contribution < -0.4 is 0 Å². The summed E-state index contributed by atoms with van der Waals surface area (Å²) in [7, 11) is 0. The maximum absolute atomic E-state index is 11.7. The van der Waals surface area contributed by atoms with Gasteiger partial charge in [-0.1, -0.05) is 0 Å². The standard InChI is InChI=1S/C12H18N2O2S/c1-2-16-12(15)10-4-3-6-14(8-10)9-11-13-5-7-17-11/h5,7,10H,2-4,6,8-9H2,1H3. The molecule has 1 atom stereocenters. The van der Waals surface area contributed by atoms with E-state index in [1.807, 2.05) is 18.5 Å².